The second kappa shape index (κ2) is 11.5. The van der Waals surface area contributed by atoms with Crippen molar-refractivity contribution >= 4 is 86.6 Å². The molecule has 1 nitrogen and oxygen atoms in total. The third-order valence-electron chi connectivity index (χ3n) is 10.00. The zero-order valence-electron chi connectivity index (χ0n) is 60.4. The fourth-order valence-electron chi connectivity index (χ4n) is 7.56. The maximum absolute atomic E-state index is 10.5. The first-order valence-corrected chi connectivity index (χ1v) is 17.2. The van der Waals surface area contributed by atoms with E-state index in [0.29, 0.717) is 0 Å². The molecule has 0 aliphatic rings. The van der Waals surface area contributed by atoms with Gasteiger partial charge in [0.15, 0.2) is 0 Å². The summed E-state index contributed by atoms with van der Waals surface area (Å²) in [6.07, 6.45) is 0. The molecule has 57 heavy (non-hydrogen) atoms. The quantitative estimate of drug-likeness (QED) is 0.163. The van der Waals surface area contributed by atoms with Crippen molar-refractivity contribution in [1.29, 1.82) is 0 Å². The van der Waals surface area contributed by atoms with Gasteiger partial charge in [-0.3, -0.25) is 0 Å². The molecule has 0 bridgehead atoms. The van der Waals surface area contributed by atoms with Crippen molar-refractivity contribution in [3.05, 3.63) is 193 Å². The summed E-state index contributed by atoms with van der Waals surface area (Å²) < 4.78 is 304. The number of fused-ring (bicyclic) bond motifs is 3. The highest BCUT2D eigenvalue weighted by Crippen LogP contribution is 2.47. The van der Waals surface area contributed by atoms with Gasteiger partial charge in [0.2, 0.25) is 0 Å². The number of rotatable bonds is 4. The van der Waals surface area contributed by atoms with Crippen LogP contribution in [0.15, 0.2) is 198 Å². The van der Waals surface area contributed by atoms with E-state index in [0.717, 1.165) is 0 Å². The highest BCUT2D eigenvalue weighted by molar-refractivity contribution is 6.27. The van der Waals surface area contributed by atoms with Gasteiger partial charge in [-0.15, -0.1) is 0 Å². The lowest BCUT2D eigenvalue weighted by molar-refractivity contribution is 0.670. The molecule has 1 heterocycles. The largest absolute Gasteiger partial charge is 0.455 e. The molecule has 0 amide bonds. The second-order valence-electron chi connectivity index (χ2n) is 13.0. The summed E-state index contributed by atoms with van der Waals surface area (Å²) in [5.74, 6) is 0. The zero-order chi connectivity index (χ0) is 65.0. The Morgan fingerprint density at radius 2 is 0.719 bits per heavy atom. The average molecular weight is 753 g/mol. The Bertz CT molecular complexity index is 5320. The van der Waals surface area contributed by atoms with Crippen molar-refractivity contribution in [3.8, 4) is 44.5 Å². The van der Waals surface area contributed by atoms with Crippen molar-refractivity contribution in [2.24, 2.45) is 0 Å². The Labute approximate surface area is 373 Å². The predicted octanol–water partition coefficient (Wildman–Crippen LogP) is 16.0. The van der Waals surface area contributed by atoms with Gasteiger partial charge in [0.25, 0.3) is 0 Å². The lowest BCUT2D eigenvalue weighted by atomic mass is 9.85. The molecule has 0 saturated carbocycles. The SMILES string of the molecule is [2H]c1c([2H])c([2H])c(-c2c([2H])c([2H])c(-c3c([2H])c(-c4c([2H])c([2H])c5c([2H])c([2H])c6c([2H])c([2H])c([2H])c7c([2H])c([2H])c4c5c67)c([2H])c(-c4c([2H])c([2H])c5c([2H])c([2H])c6c([2H])c([2H])c([2H])c7c([2H])c([2H])c4c5c67)c3[2H])c3c2oc2c([2H])c([2H])c([2H])c([2H])c23)c([2H])c1[2H]. The summed E-state index contributed by atoms with van der Waals surface area (Å²) in [5.41, 5.74) is -8.81. The first-order valence-electron chi connectivity index (χ1n) is 33.2. The van der Waals surface area contributed by atoms with Crippen molar-refractivity contribution < 1.29 is 48.3 Å². The molecule has 13 aromatic rings. The first-order chi connectivity index (χ1) is 41.6. The third-order valence-corrected chi connectivity index (χ3v) is 10.00. The van der Waals surface area contributed by atoms with E-state index in [1.54, 1.807) is 0 Å². The minimum Gasteiger partial charge on any atom is -0.455 e. The minimum atomic E-state index is -1.20. The zero-order valence-corrected chi connectivity index (χ0v) is 28.4. The fraction of sp³-hybridized carbons (Fsp3) is 0. The van der Waals surface area contributed by atoms with E-state index < -0.39 is 324 Å². The Balaban J connectivity index is 1.36. The summed E-state index contributed by atoms with van der Waals surface area (Å²) in [7, 11) is 0. The van der Waals surface area contributed by atoms with E-state index in [4.69, 9.17) is 26.3 Å². The molecule has 0 radical (unpaired) electrons. The molecule has 0 N–H and O–H groups in total. The van der Waals surface area contributed by atoms with Crippen LogP contribution in [0, 0.1) is 0 Å². The van der Waals surface area contributed by atoms with Crippen LogP contribution in [-0.2, 0) is 0 Å². The fourth-order valence-corrected chi connectivity index (χ4v) is 7.56. The summed E-state index contributed by atoms with van der Waals surface area (Å²) >= 11 is 0. The standard InChI is InChI=1S/C56H32O/c1-2-8-33(9-3-1)46-29-28-45(55-49-14-4-5-15-50(49)57-56(46)55)42-31-40(43-24-20-38-18-16-34-10-6-12-36-22-26-47(43)53(38)51(34)36)30-41(32-42)44-25-21-39-19-17-35-11-7-13-37-23-27-48(44)54(39)52(35)37/h1-32H/i1D,2D,3D,4D,5D,6D,7D,8D,9D,10D,11D,12D,13D,14D,15D,16D,17D,18D,19D,20D,21D,22D,23D,24D,25D,26D,27D,28D,29D,30D,31D,32D. The molecule has 0 spiro atoms. The second-order valence-corrected chi connectivity index (χ2v) is 13.0. The number of benzene rings is 12. The lowest BCUT2D eigenvalue weighted by Crippen LogP contribution is -1.91. The van der Waals surface area contributed by atoms with Crippen molar-refractivity contribution in [1.82, 2.24) is 0 Å². The monoisotopic (exact) mass is 752 g/mol. The van der Waals surface area contributed by atoms with Gasteiger partial charge < -0.3 is 4.42 Å². The van der Waals surface area contributed by atoms with Gasteiger partial charge in [-0.2, -0.15) is 0 Å². The van der Waals surface area contributed by atoms with Crippen LogP contribution >= 0.6 is 0 Å². The molecular weight excluding hydrogens is 689 g/mol. The molecule has 1 aromatic heterocycles. The molecule has 13 rings (SSSR count). The summed E-state index contributed by atoms with van der Waals surface area (Å²) in [6, 6.07) is -30.3. The summed E-state index contributed by atoms with van der Waals surface area (Å²) in [4.78, 5) is 0. The van der Waals surface area contributed by atoms with Crippen LogP contribution in [-0.4, -0.2) is 0 Å². The summed E-state index contributed by atoms with van der Waals surface area (Å²) in [6.45, 7) is 0. The molecule has 0 fully saturated rings. The first kappa shape index (κ1) is 13.3. The molecule has 1 heteroatoms. The smallest absolute Gasteiger partial charge is 0.143 e. The highest BCUT2D eigenvalue weighted by atomic mass is 16.3. The van der Waals surface area contributed by atoms with Crippen LogP contribution in [0.5, 0.6) is 0 Å². The average Bonchev–Trinajstić information content (AvgIpc) is 0.728. The molecule has 12 aromatic carbocycles. The lowest BCUT2D eigenvalue weighted by Gasteiger charge is -2.18. The van der Waals surface area contributed by atoms with Gasteiger partial charge in [-0.05, 0) is 134 Å². The predicted molar refractivity (Wildman–Crippen MR) is 243 cm³/mol. The Kier molecular flexibility index (Phi) is 2.69. The van der Waals surface area contributed by atoms with E-state index in [-0.39, 0.29) is 0 Å². The minimum absolute atomic E-state index is 0.399. The number of furan rings is 1. The summed E-state index contributed by atoms with van der Waals surface area (Å²) in [5, 5.41) is -7.70. The van der Waals surface area contributed by atoms with Crippen molar-refractivity contribution in [2.75, 3.05) is 0 Å². The van der Waals surface area contributed by atoms with Crippen molar-refractivity contribution in [3.63, 3.8) is 0 Å². The van der Waals surface area contributed by atoms with E-state index in [2.05, 4.69) is 0 Å². The number of para-hydroxylation sites is 1. The normalized spacial score (nSPS) is 20.1. The number of hydrogen-bond donors (Lipinski definition) is 0. The maximum atomic E-state index is 10.5. The van der Waals surface area contributed by atoms with E-state index in [1.165, 1.54) is 0 Å². The molecular formula is C56H32O. The van der Waals surface area contributed by atoms with Crippen LogP contribution in [0.1, 0.15) is 43.9 Å². The van der Waals surface area contributed by atoms with Gasteiger partial charge in [0.05, 0.1) is 43.9 Å². The van der Waals surface area contributed by atoms with Gasteiger partial charge in [-0.25, -0.2) is 0 Å². The van der Waals surface area contributed by atoms with Crippen LogP contribution in [0.25, 0.3) is 131 Å². The molecule has 0 unspecified atom stereocenters. The topological polar surface area (TPSA) is 13.1 Å². The molecule has 0 saturated heterocycles. The highest BCUT2D eigenvalue weighted by Gasteiger charge is 2.21. The molecule has 0 atom stereocenters. The van der Waals surface area contributed by atoms with Crippen LogP contribution in [0.2, 0.25) is 0 Å². The van der Waals surface area contributed by atoms with Crippen molar-refractivity contribution in [2.45, 2.75) is 0 Å². The van der Waals surface area contributed by atoms with E-state index in [9.17, 15) is 21.9 Å². The van der Waals surface area contributed by atoms with E-state index in [1.807, 2.05) is 0 Å². The van der Waals surface area contributed by atoms with Crippen LogP contribution in [0.4, 0.5) is 0 Å². The third kappa shape index (κ3) is 4.40. The van der Waals surface area contributed by atoms with Gasteiger partial charge in [0.1, 0.15) is 11.2 Å². The van der Waals surface area contributed by atoms with Crippen LogP contribution in [0.3, 0.4) is 0 Å². The molecule has 0 aliphatic carbocycles. The van der Waals surface area contributed by atoms with E-state index >= 15 is 0 Å². The Hall–Kier alpha value is -7.48. The Morgan fingerprint density at radius 1 is 0.281 bits per heavy atom. The van der Waals surface area contributed by atoms with Crippen LogP contribution < -0.4 is 0 Å². The van der Waals surface area contributed by atoms with Gasteiger partial charge in [0, 0.05) is 16.3 Å². The molecule has 262 valence electrons. The molecule has 0 aliphatic heterocycles. The Morgan fingerprint density at radius 3 is 1.30 bits per heavy atom. The maximum Gasteiger partial charge on any atom is 0.143 e. The number of hydrogen-bond acceptors (Lipinski definition) is 1. The van der Waals surface area contributed by atoms with Gasteiger partial charge in [-0.1, -0.05) is 163 Å². The van der Waals surface area contributed by atoms with Gasteiger partial charge >= 0.3 is 0 Å².